The van der Waals surface area contributed by atoms with E-state index >= 15 is 0 Å². The summed E-state index contributed by atoms with van der Waals surface area (Å²) in [5, 5.41) is 3.13. The molecule has 0 amide bonds. The molecule has 0 radical (unpaired) electrons. The second-order valence-electron chi connectivity index (χ2n) is 4.43. The largest absolute Gasteiger partial charge is 0.363 e. The van der Waals surface area contributed by atoms with E-state index in [1.807, 2.05) is 13.8 Å². The van der Waals surface area contributed by atoms with Gasteiger partial charge in [0, 0.05) is 30.3 Å². The first-order valence-electron chi connectivity index (χ1n) is 6.35. The molecule has 7 heteroatoms. The quantitative estimate of drug-likeness (QED) is 0.755. The van der Waals surface area contributed by atoms with E-state index in [4.69, 9.17) is 0 Å². The van der Waals surface area contributed by atoms with Crippen molar-refractivity contribution in [3.05, 3.63) is 42.0 Å². The number of aromatic amines is 1. The Labute approximate surface area is 118 Å². The number of sulfonamides is 1. The van der Waals surface area contributed by atoms with Crippen molar-refractivity contribution in [3.63, 3.8) is 0 Å². The zero-order valence-electron chi connectivity index (χ0n) is 11.5. The van der Waals surface area contributed by atoms with E-state index in [1.165, 1.54) is 6.20 Å². The molecule has 0 bridgehead atoms. The summed E-state index contributed by atoms with van der Waals surface area (Å²) >= 11 is 0. The Morgan fingerprint density at radius 3 is 2.85 bits per heavy atom. The normalized spacial score (nSPS) is 11.5. The topological polar surface area (TPSA) is 86.9 Å². The van der Waals surface area contributed by atoms with Crippen LogP contribution in [0.3, 0.4) is 0 Å². The fourth-order valence-electron chi connectivity index (χ4n) is 1.76. The Morgan fingerprint density at radius 2 is 2.15 bits per heavy atom. The van der Waals surface area contributed by atoms with Crippen LogP contribution in [0.15, 0.2) is 35.5 Å². The Kier molecular flexibility index (Phi) is 4.41. The number of aromatic nitrogens is 2. The maximum atomic E-state index is 12.2. The number of H-pyrrole nitrogens is 1. The van der Waals surface area contributed by atoms with Crippen molar-refractivity contribution in [3.8, 4) is 0 Å². The molecule has 2 rings (SSSR count). The molecule has 0 saturated heterocycles. The Bertz CT molecular complexity index is 679. The van der Waals surface area contributed by atoms with E-state index in [-0.39, 0.29) is 4.90 Å². The average molecular weight is 294 g/mol. The predicted octanol–water partition coefficient (Wildman–Crippen LogP) is 1.63. The van der Waals surface area contributed by atoms with Crippen molar-refractivity contribution >= 4 is 15.7 Å². The zero-order valence-corrected chi connectivity index (χ0v) is 12.3. The number of anilines is 1. The van der Waals surface area contributed by atoms with Crippen molar-refractivity contribution in [2.24, 2.45) is 0 Å². The highest BCUT2D eigenvalue weighted by Gasteiger charge is 2.16. The van der Waals surface area contributed by atoms with Gasteiger partial charge in [-0.2, -0.15) is 0 Å². The van der Waals surface area contributed by atoms with Crippen LogP contribution in [0.4, 0.5) is 5.69 Å². The van der Waals surface area contributed by atoms with E-state index in [2.05, 4.69) is 20.0 Å². The maximum absolute atomic E-state index is 12.2. The fraction of sp³-hybridized carbons (Fsp3) is 0.308. The lowest BCUT2D eigenvalue weighted by molar-refractivity contribution is 0.601. The minimum Gasteiger partial charge on any atom is -0.363 e. The highest BCUT2D eigenvalue weighted by atomic mass is 32.2. The molecule has 2 heterocycles. The van der Waals surface area contributed by atoms with Gasteiger partial charge in [-0.25, -0.2) is 8.42 Å². The second-order valence-corrected chi connectivity index (χ2v) is 6.11. The molecule has 6 nitrogen and oxygen atoms in total. The van der Waals surface area contributed by atoms with Gasteiger partial charge in [-0.15, -0.1) is 0 Å². The first-order valence-corrected chi connectivity index (χ1v) is 7.83. The third-order valence-corrected chi connectivity index (χ3v) is 4.10. The summed E-state index contributed by atoms with van der Waals surface area (Å²) in [5.41, 5.74) is 2.09. The fourth-order valence-corrected chi connectivity index (χ4v) is 2.83. The minimum absolute atomic E-state index is 0.222. The van der Waals surface area contributed by atoms with Crippen molar-refractivity contribution < 1.29 is 8.42 Å². The van der Waals surface area contributed by atoms with Crippen LogP contribution in [0.2, 0.25) is 0 Å². The Morgan fingerprint density at radius 1 is 1.35 bits per heavy atom. The van der Waals surface area contributed by atoms with Gasteiger partial charge >= 0.3 is 0 Å². The summed E-state index contributed by atoms with van der Waals surface area (Å²) in [4.78, 5) is 7.20. The first kappa shape index (κ1) is 14.5. The lowest BCUT2D eigenvalue weighted by atomic mass is 10.3. The van der Waals surface area contributed by atoms with E-state index in [0.717, 1.165) is 17.9 Å². The summed E-state index contributed by atoms with van der Waals surface area (Å²) < 4.78 is 27.0. The Hall–Kier alpha value is -1.86. The van der Waals surface area contributed by atoms with Gasteiger partial charge in [0.1, 0.15) is 4.90 Å². The molecule has 0 unspecified atom stereocenters. The number of nitrogens with zero attached hydrogens (tertiary/aromatic N) is 1. The van der Waals surface area contributed by atoms with Crippen molar-refractivity contribution in [1.29, 1.82) is 0 Å². The van der Waals surface area contributed by atoms with Gasteiger partial charge in [-0.1, -0.05) is 6.92 Å². The number of hydrogen-bond acceptors (Lipinski definition) is 4. The molecule has 0 aromatic carbocycles. The minimum atomic E-state index is -3.57. The maximum Gasteiger partial charge on any atom is 0.263 e. The number of aryl methyl sites for hydroxylation is 1. The molecule has 0 aliphatic rings. The summed E-state index contributed by atoms with van der Waals surface area (Å²) in [7, 11) is -3.57. The van der Waals surface area contributed by atoms with Crippen molar-refractivity contribution in [1.82, 2.24) is 15.3 Å². The number of hydrogen-bond donors (Lipinski definition) is 3. The van der Waals surface area contributed by atoms with Gasteiger partial charge in [-0.05, 0) is 31.7 Å². The average Bonchev–Trinajstić information content (AvgIpc) is 2.85. The number of rotatable bonds is 6. The highest BCUT2D eigenvalue weighted by Crippen LogP contribution is 2.16. The molecular formula is C13H18N4O2S. The molecule has 0 aliphatic carbocycles. The first-order chi connectivity index (χ1) is 9.51. The van der Waals surface area contributed by atoms with Gasteiger partial charge in [0.25, 0.3) is 10.0 Å². The Balaban J connectivity index is 2.16. The molecule has 0 spiro atoms. The van der Waals surface area contributed by atoms with Crippen LogP contribution < -0.4 is 10.0 Å². The summed E-state index contributed by atoms with van der Waals surface area (Å²) in [6.45, 7) is 5.24. The molecule has 0 fully saturated rings. The zero-order chi connectivity index (χ0) is 14.6. The third kappa shape index (κ3) is 3.58. The molecule has 0 saturated carbocycles. The van der Waals surface area contributed by atoms with Crippen LogP contribution in [-0.4, -0.2) is 24.9 Å². The third-order valence-electron chi connectivity index (χ3n) is 2.74. The molecular weight excluding hydrogens is 276 g/mol. The van der Waals surface area contributed by atoms with Crippen molar-refractivity contribution in [2.75, 3.05) is 11.3 Å². The lowest BCUT2D eigenvalue weighted by Gasteiger charge is -2.06. The molecule has 3 N–H and O–H groups in total. The molecule has 108 valence electrons. The van der Waals surface area contributed by atoms with Gasteiger partial charge in [0.15, 0.2) is 0 Å². The summed E-state index contributed by atoms with van der Waals surface area (Å²) in [6.07, 6.45) is 3.06. The van der Waals surface area contributed by atoms with Gasteiger partial charge in [0.05, 0.1) is 5.69 Å². The standard InChI is InChI=1S/C13H18N4O2S/c1-3-14-8-12-7-13(9-16-12)20(18,19)17-11-4-5-15-10(2)6-11/h4-7,9,14,16H,3,8H2,1-2H3,(H,15,17). The van der Waals surface area contributed by atoms with Crippen LogP contribution in [0, 0.1) is 6.92 Å². The van der Waals surface area contributed by atoms with Gasteiger partial charge in [-0.3, -0.25) is 9.71 Å². The molecule has 20 heavy (non-hydrogen) atoms. The highest BCUT2D eigenvalue weighted by molar-refractivity contribution is 7.92. The smallest absolute Gasteiger partial charge is 0.263 e. The molecule has 2 aromatic rings. The molecule has 0 atom stereocenters. The molecule has 0 aliphatic heterocycles. The summed E-state index contributed by atoms with van der Waals surface area (Å²) in [6, 6.07) is 4.93. The van der Waals surface area contributed by atoms with Crippen LogP contribution in [-0.2, 0) is 16.6 Å². The SMILES string of the molecule is CCNCc1cc(S(=O)(=O)Nc2ccnc(C)c2)c[nH]1. The van der Waals surface area contributed by atoms with Crippen LogP contribution >= 0.6 is 0 Å². The van der Waals surface area contributed by atoms with Crippen LogP contribution in [0.1, 0.15) is 18.3 Å². The lowest BCUT2D eigenvalue weighted by Crippen LogP contribution is -2.13. The van der Waals surface area contributed by atoms with E-state index in [1.54, 1.807) is 24.4 Å². The van der Waals surface area contributed by atoms with Crippen molar-refractivity contribution in [2.45, 2.75) is 25.3 Å². The van der Waals surface area contributed by atoms with Gasteiger partial charge < -0.3 is 10.3 Å². The number of pyridine rings is 1. The number of nitrogens with one attached hydrogen (secondary N) is 3. The second kappa shape index (κ2) is 6.06. The summed E-state index contributed by atoms with van der Waals surface area (Å²) in [5.74, 6) is 0. The predicted molar refractivity (Wildman–Crippen MR) is 78.0 cm³/mol. The van der Waals surface area contributed by atoms with Crippen LogP contribution in [0.5, 0.6) is 0 Å². The monoisotopic (exact) mass is 294 g/mol. The van der Waals surface area contributed by atoms with E-state index in [9.17, 15) is 8.42 Å². The van der Waals surface area contributed by atoms with E-state index in [0.29, 0.717) is 12.2 Å². The van der Waals surface area contributed by atoms with Crippen LogP contribution in [0.25, 0.3) is 0 Å². The van der Waals surface area contributed by atoms with Gasteiger partial charge in [0.2, 0.25) is 0 Å². The van der Waals surface area contributed by atoms with E-state index < -0.39 is 10.0 Å². The molecule has 2 aromatic heterocycles.